The highest BCUT2D eigenvalue weighted by atomic mass is 16.2. The van der Waals surface area contributed by atoms with E-state index in [0.717, 1.165) is 37.0 Å². The molecule has 1 fully saturated rings. The van der Waals surface area contributed by atoms with Crippen molar-refractivity contribution in [3.8, 4) is 0 Å². The van der Waals surface area contributed by atoms with Crippen molar-refractivity contribution in [1.82, 2.24) is 20.4 Å². The molecule has 18 heavy (non-hydrogen) atoms. The van der Waals surface area contributed by atoms with Crippen LogP contribution in [0.4, 0.5) is 0 Å². The Morgan fingerprint density at radius 2 is 2.00 bits per heavy atom. The number of carbonyl (C=O) groups excluding carboxylic acids is 1. The van der Waals surface area contributed by atoms with Gasteiger partial charge < -0.3 is 0 Å². The lowest BCUT2D eigenvalue weighted by Crippen LogP contribution is -2.46. The summed E-state index contributed by atoms with van der Waals surface area (Å²) in [5, 5.41) is 1.68. The van der Waals surface area contributed by atoms with Crippen LogP contribution in [0.3, 0.4) is 0 Å². The number of rotatable bonds is 1. The molecular weight excluding hydrogens is 228 g/mol. The fourth-order valence-electron chi connectivity index (χ4n) is 2.11. The highest BCUT2D eigenvalue weighted by Crippen LogP contribution is 2.13. The zero-order valence-corrected chi connectivity index (χ0v) is 9.97. The second-order valence-electron chi connectivity index (χ2n) is 4.33. The third-order valence-corrected chi connectivity index (χ3v) is 3.07. The summed E-state index contributed by atoms with van der Waals surface area (Å²) < 4.78 is 0. The number of nitrogens with one attached hydrogen (secondary N) is 1. The van der Waals surface area contributed by atoms with Gasteiger partial charge in [0.25, 0.3) is 5.91 Å². The summed E-state index contributed by atoms with van der Waals surface area (Å²) >= 11 is 0. The van der Waals surface area contributed by atoms with Crippen molar-refractivity contribution < 1.29 is 4.79 Å². The quantitative estimate of drug-likeness (QED) is 0.820. The summed E-state index contributed by atoms with van der Waals surface area (Å²) in [4.78, 5) is 20.7. The third kappa shape index (κ3) is 2.04. The molecule has 0 atom stereocenters. The van der Waals surface area contributed by atoms with Crippen molar-refractivity contribution >= 4 is 16.9 Å². The number of amides is 1. The van der Waals surface area contributed by atoms with E-state index in [2.05, 4.69) is 15.4 Å². The first kappa shape index (κ1) is 11.1. The lowest BCUT2D eigenvalue weighted by Gasteiger charge is -2.27. The van der Waals surface area contributed by atoms with E-state index in [9.17, 15) is 4.79 Å². The molecule has 0 bridgehead atoms. The predicted molar refractivity (Wildman–Crippen MR) is 67.8 cm³/mol. The van der Waals surface area contributed by atoms with Gasteiger partial charge in [-0.05, 0) is 31.0 Å². The van der Waals surface area contributed by atoms with Gasteiger partial charge in [0.2, 0.25) is 0 Å². The first-order chi connectivity index (χ1) is 8.84. The Morgan fingerprint density at radius 3 is 2.78 bits per heavy atom. The summed E-state index contributed by atoms with van der Waals surface area (Å²) in [7, 11) is 0. The van der Waals surface area contributed by atoms with E-state index in [0.29, 0.717) is 5.56 Å². The lowest BCUT2D eigenvalue weighted by atomic mass is 10.1. The van der Waals surface area contributed by atoms with Crippen LogP contribution >= 0.6 is 0 Å². The maximum atomic E-state index is 12.3. The molecule has 3 rings (SSSR count). The Hall–Kier alpha value is -2.01. The molecule has 5 nitrogen and oxygen atoms in total. The third-order valence-electron chi connectivity index (χ3n) is 3.07. The zero-order chi connectivity index (χ0) is 12.4. The van der Waals surface area contributed by atoms with Gasteiger partial charge in [-0.2, -0.15) is 0 Å². The van der Waals surface area contributed by atoms with E-state index < -0.39 is 0 Å². The van der Waals surface area contributed by atoms with Crippen LogP contribution in [0, 0.1) is 0 Å². The number of fused-ring (bicyclic) bond motifs is 1. The minimum atomic E-state index is 0.00209. The SMILES string of the molecule is O=C(c1ccc2nccnc2c1)N1CCCCN1. The molecule has 1 aromatic heterocycles. The summed E-state index contributed by atoms with van der Waals surface area (Å²) in [6.45, 7) is 1.62. The van der Waals surface area contributed by atoms with Crippen LogP contribution in [0.15, 0.2) is 30.6 Å². The zero-order valence-electron chi connectivity index (χ0n) is 9.97. The molecule has 0 saturated carbocycles. The van der Waals surface area contributed by atoms with Crippen molar-refractivity contribution in [3.63, 3.8) is 0 Å². The highest BCUT2D eigenvalue weighted by Gasteiger charge is 2.18. The van der Waals surface area contributed by atoms with E-state index in [1.54, 1.807) is 29.5 Å². The second kappa shape index (κ2) is 4.70. The Bertz CT molecular complexity index is 578. The molecule has 0 spiro atoms. The van der Waals surface area contributed by atoms with Crippen LogP contribution in [-0.4, -0.2) is 34.0 Å². The molecule has 92 valence electrons. The van der Waals surface area contributed by atoms with Gasteiger partial charge in [-0.15, -0.1) is 0 Å². The van der Waals surface area contributed by atoms with E-state index in [-0.39, 0.29) is 5.91 Å². The van der Waals surface area contributed by atoms with Gasteiger partial charge in [0.15, 0.2) is 0 Å². The predicted octanol–water partition coefficient (Wildman–Crippen LogP) is 1.37. The van der Waals surface area contributed by atoms with Crippen LogP contribution in [0.25, 0.3) is 11.0 Å². The summed E-state index contributed by atoms with van der Waals surface area (Å²) in [5.41, 5.74) is 5.32. The molecule has 1 N–H and O–H groups in total. The number of nitrogens with zero attached hydrogens (tertiary/aromatic N) is 3. The monoisotopic (exact) mass is 242 g/mol. The van der Waals surface area contributed by atoms with Crippen molar-refractivity contribution in [2.45, 2.75) is 12.8 Å². The first-order valence-electron chi connectivity index (χ1n) is 6.11. The Labute approximate surface area is 105 Å². The van der Waals surface area contributed by atoms with Gasteiger partial charge >= 0.3 is 0 Å². The average molecular weight is 242 g/mol. The maximum Gasteiger partial charge on any atom is 0.268 e. The van der Waals surface area contributed by atoms with Crippen LogP contribution in [-0.2, 0) is 0 Å². The van der Waals surface area contributed by atoms with Crippen molar-refractivity contribution in [3.05, 3.63) is 36.2 Å². The van der Waals surface area contributed by atoms with Crippen LogP contribution in [0.1, 0.15) is 23.2 Å². The molecule has 1 aromatic carbocycles. The molecule has 0 aliphatic carbocycles. The molecular formula is C13H14N4O. The molecule has 0 radical (unpaired) electrons. The standard InChI is InChI=1S/C13H14N4O/c18-13(17-8-2-1-5-16-17)10-3-4-11-12(9-10)15-7-6-14-11/h3-4,6-7,9,16H,1-2,5,8H2. The molecule has 2 heterocycles. The van der Waals surface area contributed by atoms with Crippen LogP contribution < -0.4 is 5.43 Å². The van der Waals surface area contributed by atoms with E-state index in [1.807, 2.05) is 6.07 Å². The number of hydrogen-bond acceptors (Lipinski definition) is 4. The van der Waals surface area contributed by atoms with Crippen LogP contribution in [0.5, 0.6) is 0 Å². The fourth-order valence-corrected chi connectivity index (χ4v) is 2.11. The normalized spacial score (nSPS) is 15.9. The minimum Gasteiger partial charge on any atom is -0.274 e. The molecule has 0 unspecified atom stereocenters. The summed E-state index contributed by atoms with van der Waals surface area (Å²) in [5.74, 6) is 0.00209. The van der Waals surface area contributed by atoms with Gasteiger partial charge in [-0.25, -0.2) is 5.43 Å². The van der Waals surface area contributed by atoms with Gasteiger partial charge in [-0.1, -0.05) is 0 Å². The van der Waals surface area contributed by atoms with Crippen molar-refractivity contribution in [1.29, 1.82) is 0 Å². The first-order valence-corrected chi connectivity index (χ1v) is 6.11. The van der Waals surface area contributed by atoms with E-state index in [4.69, 9.17) is 0 Å². The molecule has 1 amide bonds. The number of hydrogen-bond donors (Lipinski definition) is 1. The summed E-state index contributed by atoms with van der Waals surface area (Å²) in [6.07, 6.45) is 5.45. The molecule has 1 aliphatic rings. The topological polar surface area (TPSA) is 58.1 Å². The van der Waals surface area contributed by atoms with E-state index >= 15 is 0 Å². The number of hydrazine groups is 1. The molecule has 5 heteroatoms. The fraction of sp³-hybridized carbons (Fsp3) is 0.308. The minimum absolute atomic E-state index is 0.00209. The van der Waals surface area contributed by atoms with Crippen LogP contribution in [0.2, 0.25) is 0 Å². The Morgan fingerprint density at radius 1 is 1.17 bits per heavy atom. The Kier molecular flexibility index (Phi) is 2.90. The molecule has 2 aromatic rings. The van der Waals surface area contributed by atoms with Gasteiger partial charge in [0.1, 0.15) is 0 Å². The van der Waals surface area contributed by atoms with E-state index in [1.165, 1.54) is 0 Å². The van der Waals surface area contributed by atoms with Crippen molar-refractivity contribution in [2.24, 2.45) is 0 Å². The second-order valence-corrected chi connectivity index (χ2v) is 4.33. The lowest BCUT2D eigenvalue weighted by molar-refractivity contribution is 0.0611. The molecule has 1 aliphatic heterocycles. The average Bonchev–Trinajstić information content (AvgIpc) is 2.47. The van der Waals surface area contributed by atoms with Gasteiger partial charge in [0.05, 0.1) is 11.0 Å². The van der Waals surface area contributed by atoms with Crippen molar-refractivity contribution in [2.75, 3.05) is 13.1 Å². The number of aromatic nitrogens is 2. The smallest absolute Gasteiger partial charge is 0.268 e. The number of benzene rings is 1. The van der Waals surface area contributed by atoms with Gasteiger partial charge in [-0.3, -0.25) is 19.8 Å². The highest BCUT2D eigenvalue weighted by molar-refractivity contribution is 5.97. The number of carbonyl (C=O) groups is 1. The maximum absolute atomic E-state index is 12.3. The Balaban J connectivity index is 1.91. The largest absolute Gasteiger partial charge is 0.274 e. The van der Waals surface area contributed by atoms with Gasteiger partial charge in [0, 0.05) is 31.0 Å². The summed E-state index contributed by atoms with van der Waals surface area (Å²) in [6, 6.07) is 5.43. The molecule has 1 saturated heterocycles.